The minimum Gasteiger partial charge on any atom is -0.490 e. The molecule has 6 heteroatoms. The van der Waals surface area contributed by atoms with Gasteiger partial charge in [0.1, 0.15) is 18.5 Å². The van der Waals surface area contributed by atoms with Gasteiger partial charge >= 0.3 is 0 Å². The summed E-state index contributed by atoms with van der Waals surface area (Å²) >= 11 is 0. The number of aliphatic hydroxyl groups is 1. The molecule has 0 amide bonds. The van der Waals surface area contributed by atoms with Crippen molar-refractivity contribution in [2.75, 3.05) is 13.2 Å². The molecule has 0 aliphatic rings. The number of nitrogens with zero attached hydrogens (tertiary/aromatic N) is 2. The van der Waals surface area contributed by atoms with Gasteiger partial charge in [-0.05, 0) is 32.0 Å². The molecule has 142 valence electrons. The van der Waals surface area contributed by atoms with Gasteiger partial charge in [0.05, 0.1) is 12.1 Å². The molecule has 0 fully saturated rings. The van der Waals surface area contributed by atoms with Crippen molar-refractivity contribution in [3.8, 4) is 5.75 Å². The third-order valence-corrected chi connectivity index (χ3v) is 4.36. The Morgan fingerprint density at radius 2 is 1.89 bits per heavy atom. The second-order valence-electron chi connectivity index (χ2n) is 6.79. The van der Waals surface area contributed by atoms with Gasteiger partial charge < -0.3 is 25.9 Å². The number of aliphatic imine (C=N–C) groups is 1. The summed E-state index contributed by atoms with van der Waals surface area (Å²) in [6, 6.07) is 14.3. The van der Waals surface area contributed by atoms with E-state index in [-0.39, 0.29) is 19.1 Å². The highest BCUT2D eigenvalue weighted by molar-refractivity contribution is 6.11. The number of benzene rings is 2. The minimum absolute atomic E-state index is 0.0431. The Hall–Kier alpha value is -2.99. The molecule has 1 aromatic heterocycles. The first-order chi connectivity index (χ1) is 13.0. The van der Waals surface area contributed by atoms with E-state index in [9.17, 15) is 5.11 Å². The maximum Gasteiger partial charge on any atom is 0.186 e. The van der Waals surface area contributed by atoms with Gasteiger partial charge in [-0.25, -0.2) is 0 Å². The van der Waals surface area contributed by atoms with Crippen molar-refractivity contribution in [3.05, 3.63) is 54.1 Å². The Kier molecular flexibility index (Phi) is 5.66. The fourth-order valence-electron chi connectivity index (χ4n) is 3.11. The Morgan fingerprint density at radius 1 is 1.15 bits per heavy atom. The van der Waals surface area contributed by atoms with Gasteiger partial charge in [-0.3, -0.25) is 4.99 Å². The molecule has 1 unspecified atom stereocenters. The van der Waals surface area contributed by atoms with E-state index in [2.05, 4.69) is 47.7 Å². The maximum atomic E-state index is 10.0. The number of hydrogen-bond donors (Lipinski definition) is 3. The first kappa shape index (κ1) is 18.8. The summed E-state index contributed by atoms with van der Waals surface area (Å²) in [7, 11) is 0. The van der Waals surface area contributed by atoms with Gasteiger partial charge in [0.15, 0.2) is 5.96 Å². The fourth-order valence-corrected chi connectivity index (χ4v) is 3.11. The smallest absolute Gasteiger partial charge is 0.186 e. The monoisotopic (exact) mass is 366 g/mol. The largest absolute Gasteiger partial charge is 0.490 e. The molecule has 0 saturated heterocycles. The highest BCUT2D eigenvalue weighted by Gasteiger charge is 2.14. The van der Waals surface area contributed by atoms with Crippen LogP contribution in [0.25, 0.3) is 21.8 Å². The van der Waals surface area contributed by atoms with Crippen molar-refractivity contribution in [1.82, 2.24) is 4.57 Å². The number of aliphatic hydroxyl groups excluding tert-OH is 1. The summed E-state index contributed by atoms with van der Waals surface area (Å²) in [5, 5.41) is 12.2. The number of ether oxygens (including phenoxy) is 1. The third-order valence-electron chi connectivity index (χ3n) is 4.36. The molecule has 3 rings (SSSR count). The first-order valence-electron chi connectivity index (χ1n) is 8.97. The lowest BCUT2D eigenvalue weighted by atomic mass is 10.1. The van der Waals surface area contributed by atoms with Crippen LogP contribution in [0.1, 0.15) is 13.8 Å². The van der Waals surface area contributed by atoms with Crippen LogP contribution in [0.15, 0.2) is 59.1 Å². The molecular weight excluding hydrogens is 340 g/mol. The number of rotatable bonds is 7. The minimum atomic E-state index is -0.776. The zero-order valence-corrected chi connectivity index (χ0v) is 15.7. The normalized spacial score (nSPS) is 12.1. The number of para-hydroxylation sites is 1. The van der Waals surface area contributed by atoms with E-state index in [0.29, 0.717) is 0 Å². The Labute approximate surface area is 158 Å². The highest BCUT2D eigenvalue weighted by Crippen LogP contribution is 2.35. The van der Waals surface area contributed by atoms with E-state index in [1.165, 1.54) is 5.57 Å². The number of nitrogens with two attached hydrogens (primary N) is 2. The average molecular weight is 366 g/mol. The molecule has 3 aromatic rings. The van der Waals surface area contributed by atoms with Crippen LogP contribution >= 0.6 is 0 Å². The molecule has 2 aromatic carbocycles. The van der Waals surface area contributed by atoms with Gasteiger partial charge in [-0.2, -0.15) is 0 Å². The average Bonchev–Trinajstić information content (AvgIpc) is 2.97. The van der Waals surface area contributed by atoms with Crippen molar-refractivity contribution < 1.29 is 9.84 Å². The second kappa shape index (κ2) is 8.14. The summed E-state index contributed by atoms with van der Waals surface area (Å²) in [6.45, 7) is 5.22. The van der Waals surface area contributed by atoms with Gasteiger partial charge in [-0.15, -0.1) is 0 Å². The van der Waals surface area contributed by atoms with Crippen LogP contribution < -0.4 is 16.2 Å². The van der Waals surface area contributed by atoms with Crippen LogP contribution in [0.2, 0.25) is 0 Å². The zero-order valence-electron chi connectivity index (χ0n) is 15.7. The van der Waals surface area contributed by atoms with Crippen molar-refractivity contribution in [2.45, 2.75) is 26.5 Å². The molecule has 0 radical (unpaired) electrons. The first-order valence-corrected chi connectivity index (χ1v) is 8.97. The van der Waals surface area contributed by atoms with Crippen molar-refractivity contribution in [1.29, 1.82) is 0 Å². The third kappa shape index (κ3) is 4.23. The van der Waals surface area contributed by atoms with Crippen LogP contribution in [-0.2, 0) is 6.54 Å². The number of guanidine groups is 1. The van der Waals surface area contributed by atoms with E-state index in [1.807, 2.05) is 24.3 Å². The Bertz CT molecular complexity index is 996. The summed E-state index contributed by atoms with van der Waals surface area (Å²) in [4.78, 5) is 3.83. The van der Waals surface area contributed by atoms with E-state index < -0.39 is 6.10 Å². The highest BCUT2D eigenvalue weighted by atomic mass is 16.5. The van der Waals surface area contributed by atoms with E-state index >= 15 is 0 Å². The van der Waals surface area contributed by atoms with Gasteiger partial charge in [0, 0.05) is 22.8 Å². The molecule has 1 atom stereocenters. The van der Waals surface area contributed by atoms with Crippen LogP contribution in [0.5, 0.6) is 5.75 Å². The summed E-state index contributed by atoms with van der Waals surface area (Å²) < 4.78 is 8.21. The Morgan fingerprint density at radius 3 is 2.63 bits per heavy atom. The van der Waals surface area contributed by atoms with E-state index in [0.717, 1.165) is 34.1 Å². The standard InChI is InChI=1S/C21H26N4O2/c1-14(2)10-11-25-17-7-4-3-6-16(17)20-18(25)8-5-9-19(20)27-13-15(26)12-24-21(22)23/h3-10,15,26H,11-13H2,1-2H3,(H4,22,23,24). The lowest BCUT2D eigenvalue weighted by molar-refractivity contribution is 0.115. The molecule has 0 aliphatic heterocycles. The Balaban J connectivity index is 1.99. The van der Waals surface area contributed by atoms with Crippen LogP contribution in [0, 0.1) is 0 Å². The van der Waals surface area contributed by atoms with Crippen LogP contribution in [-0.4, -0.2) is 34.9 Å². The van der Waals surface area contributed by atoms with Crippen molar-refractivity contribution in [2.24, 2.45) is 16.5 Å². The van der Waals surface area contributed by atoms with Gasteiger partial charge in [0.25, 0.3) is 0 Å². The number of allylic oxidation sites excluding steroid dienone is 2. The summed E-state index contributed by atoms with van der Waals surface area (Å²) in [5.41, 5.74) is 14.1. The molecule has 0 aliphatic carbocycles. The summed E-state index contributed by atoms with van der Waals surface area (Å²) in [6.07, 6.45) is 1.43. The fraction of sp³-hybridized carbons (Fsp3) is 0.286. The number of hydrogen-bond acceptors (Lipinski definition) is 3. The molecule has 0 bridgehead atoms. The molecule has 5 N–H and O–H groups in total. The molecular formula is C21H26N4O2. The maximum absolute atomic E-state index is 10.0. The number of aromatic nitrogens is 1. The lowest BCUT2D eigenvalue weighted by Crippen LogP contribution is -2.27. The van der Waals surface area contributed by atoms with Crippen molar-refractivity contribution >= 4 is 27.8 Å². The lowest BCUT2D eigenvalue weighted by Gasteiger charge is -2.12. The topological polar surface area (TPSA) is 98.8 Å². The second-order valence-corrected chi connectivity index (χ2v) is 6.79. The van der Waals surface area contributed by atoms with Crippen LogP contribution in [0.3, 0.4) is 0 Å². The summed E-state index contributed by atoms with van der Waals surface area (Å²) in [5.74, 6) is 0.696. The zero-order chi connectivity index (χ0) is 19.4. The van der Waals surface area contributed by atoms with Crippen LogP contribution in [0.4, 0.5) is 0 Å². The SMILES string of the molecule is CC(C)=CCn1c2ccccc2c2c(OCC(O)CN=C(N)N)cccc21. The van der Waals surface area contributed by atoms with Gasteiger partial charge in [-0.1, -0.05) is 35.9 Å². The van der Waals surface area contributed by atoms with Crippen molar-refractivity contribution in [3.63, 3.8) is 0 Å². The van der Waals surface area contributed by atoms with E-state index in [4.69, 9.17) is 16.2 Å². The molecule has 1 heterocycles. The quantitative estimate of drug-likeness (QED) is 0.340. The van der Waals surface area contributed by atoms with Gasteiger partial charge in [0.2, 0.25) is 0 Å². The molecule has 0 saturated carbocycles. The molecule has 0 spiro atoms. The predicted octanol–water partition coefficient (Wildman–Crippen LogP) is 2.77. The predicted molar refractivity (Wildman–Crippen MR) is 111 cm³/mol. The number of fused-ring (bicyclic) bond motifs is 3. The molecule has 27 heavy (non-hydrogen) atoms. The van der Waals surface area contributed by atoms with E-state index in [1.54, 1.807) is 0 Å². The molecule has 6 nitrogen and oxygen atoms in total.